The van der Waals surface area contributed by atoms with Gasteiger partial charge < -0.3 is 4.84 Å². The van der Waals surface area contributed by atoms with Crippen molar-refractivity contribution < 1.29 is 9.63 Å². The Labute approximate surface area is 115 Å². The first kappa shape index (κ1) is 11.3. The van der Waals surface area contributed by atoms with Crippen LogP contribution in [0.2, 0.25) is 0 Å². The van der Waals surface area contributed by atoms with E-state index in [1.807, 2.05) is 42.5 Å². The summed E-state index contributed by atoms with van der Waals surface area (Å²) in [6, 6.07) is 7.90. The third kappa shape index (κ3) is 1.81. The highest BCUT2D eigenvalue weighted by molar-refractivity contribution is 6.30. The van der Waals surface area contributed by atoms with E-state index in [4.69, 9.17) is 4.84 Å². The number of benzene rings is 1. The summed E-state index contributed by atoms with van der Waals surface area (Å²) < 4.78 is 0. The van der Waals surface area contributed by atoms with Gasteiger partial charge in [-0.15, -0.1) is 0 Å². The summed E-state index contributed by atoms with van der Waals surface area (Å²) in [5.74, 6) is -0.182. The quantitative estimate of drug-likeness (QED) is 0.596. The van der Waals surface area contributed by atoms with Crippen molar-refractivity contribution in [2.75, 3.05) is 0 Å². The Hall–Kier alpha value is -2.49. The van der Waals surface area contributed by atoms with E-state index in [1.165, 1.54) is 0 Å². The van der Waals surface area contributed by atoms with Crippen molar-refractivity contribution in [3.8, 4) is 0 Å². The molecule has 1 heterocycles. The molecule has 0 unspecified atom stereocenters. The van der Waals surface area contributed by atoms with Crippen LogP contribution in [0.4, 0.5) is 0 Å². The first-order valence-corrected chi connectivity index (χ1v) is 6.69. The molecule has 0 atom stereocenters. The number of carbonyl (C=O) groups excluding carboxylic acids is 1. The van der Waals surface area contributed by atoms with Gasteiger partial charge in [-0.05, 0) is 31.1 Å². The second-order valence-corrected chi connectivity index (χ2v) is 5.08. The predicted octanol–water partition coefficient (Wildman–Crippen LogP) is 1.23. The first-order chi connectivity index (χ1) is 9.83. The third-order valence-electron chi connectivity index (χ3n) is 3.58. The van der Waals surface area contributed by atoms with E-state index in [9.17, 15) is 4.79 Å². The van der Waals surface area contributed by atoms with Crippen molar-refractivity contribution in [1.29, 1.82) is 0 Å². The smallest absolute Gasteiger partial charge is 0.317 e. The second kappa shape index (κ2) is 4.27. The molecule has 4 heteroatoms. The molecule has 4 rings (SSSR count). The van der Waals surface area contributed by atoms with Crippen LogP contribution < -0.4 is 10.6 Å². The third-order valence-corrected chi connectivity index (χ3v) is 3.58. The van der Waals surface area contributed by atoms with Crippen molar-refractivity contribution in [2.24, 2.45) is 16.1 Å². The largest absolute Gasteiger partial charge is 0.338 e. The fourth-order valence-electron chi connectivity index (χ4n) is 2.37. The summed E-state index contributed by atoms with van der Waals surface area (Å²) in [7, 11) is 0. The van der Waals surface area contributed by atoms with Gasteiger partial charge >= 0.3 is 5.97 Å². The Morgan fingerprint density at radius 2 is 2.15 bits per heavy atom. The first-order valence-electron chi connectivity index (χ1n) is 6.69. The van der Waals surface area contributed by atoms with Crippen LogP contribution in [0.25, 0.3) is 5.57 Å². The molecule has 2 aliphatic carbocycles. The molecule has 0 N–H and O–H groups in total. The average Bonchev–Trinajstić information content (AvgIpc) is 3.25. The molecule has 0 bridgehead atoms. The van der Waals surface area contributed by atoms with Crippen LogP contribution in [0.3, 0.4) is 0 Å². The minimum atomic E-state index is -0.231. The second-order valence-electron chi connectivity index (χ2n) is 5.08. The Kier molecular flexibility index (Phi) is 2.42. The van der Waals surface area contributed by atoms with E-state index in [2.05, 4.69) is 10.1 Å². The van der Waals surface area contributed by atoms with Crippen molar-refractivity contribution in [3.63, 3.8) is 0 Å². The molecule has 3 aliphatic rings. The number of hydrogen-bond donors (Lipinski definition) is 0. The molecule has 1 aliphatic heterocycles. The number of carbonyl (C=O) groups is 1. The number of hydrogen-bond acceptors (Lipinski definition) is 4. The number of nitrogens with zero attached hydrogens (tertiary/aromatic N) is 2. The molecule has 1 aromatic carbocycles. The number of oxime groups is 1. The summed E-state index contributed by atoms with van der Waals surface area (Å²) in [6.07, 6.45) is 7.49. The highest BCUT2D eigenvalue weighted by atomic mass is 16.7. The van der Waals surface area contributed by atoms with E-state index in [0.29, 0.717) is 5.71 Å². The lowest BCUT2D eigenvalue weighted by Gasteiger charge is -2.07. The zero-order valence-corrected chi connectivity index (χ0v) is 10.7. The molecule has 0 amide bonds. The van der Waals surface area contributed by atoms with Gasteiger partial charge in [0, 0.05) is 10.8 Å². The van der Waals surface area contributed by atoms with Crippen LogP contribution in [0.15, 0.2) is 58.3 Å². The standard InChI is InChI=1S/C16H12N2O2/c19-16(10-8-9-10)20-18-14-7-3-6-13-15(14)11-4-1-2-5-12(11)17-13/h1-7,10H,8-9H2. The molecule has 0 spiro atoms. The van der Waals surface area contributed by atoms with E-state index >= 15 is 0 Å². The fraction of sp³-hybridized carbons (Fsp3) is 0.188. The minimum Gasteiger partial charge on any atom is -0.317 e. The van der Waals surface area contributed by atoms with Crippen LogP contribution in [-0.2, 0) is 9.63 Å². The number of allylic oxidation sites excluding steroid dienone is 4. The SMILES string of the molecule is O=C(ON=C1C=CC=C2N=c3ccccc3=C21)C1CC1. The van der Waals surface area contributed by atoms with Gasteiger partial charge in [-0.25, -0.2) is 9.79 Å². The monoisotopic (exact) mass is 264 g/mol. The molecule has 98 valence electrons. The van der Waals surface area contributed by atoms with Gasteiger partial charge in [0.25, 0.3) is 0 Å². The van der Waals surface area contributed by atoms with E-state index in [0.717, 1.165) is 34.7 Å². The highest BCUT2D eigenvalue weighted by Crippen LogP contribution is 2.30. The number of rotatable bonds is 2. The van der Waals surface area contributed by atoms with Crippen LogP contribution in [0, 0.1) is 5.92 Å². The normalized spacial score (nSPS) is 21.1. The lowest BCUT2D eigenvalue weighted by molar-refractivity contribution is -0.145. The highest BCUT2D eigenvalue weighted by Gasteiger charge is 2.32. The van der Waals surface area contributed by atoms with Gasteiger partial charge in [-0.3, -0.25) is 0 Å². The van der Waals surface area contributed by atoms with Crippen molar-refractivity contribution in [2.45, 2.75) is 12.8 Å². The maximum absolute atomic E-state index is 11.6. The molecule has 1 fully saturated rings. The zero-order valence-electron chi connectivity index (χ0n) is 10.7. The Bertz CT molecular complexity index is 811. The van der Waals surface area contributed by atoms with Crippen LogP contribution in [0.1, 0.15) is 12.8 Å². The molecular formula is C16H12N2O2. The van der Waals surface area contributed by atoms with Gasteiger partial charge in [0.1, 0.15) is 5.71 Å². The van der Waals surface area contributed by atoms with Crippen LogP contribution in [0.5, 0.6) is 0 Å². The van der Waals surface area contributed by atoms with Crippen molar-refractivity contribution >= 4 is 17.3 Å². The Morgan fingerprint density at radius 3 is 3.00 bits per heavy atom. The molecule has 4 nitrogen and oxygen atoms in total. The Morgan fingerprint density at radius 1 is 1.30 bits per heavy atom. The lowest BCUT2D eigenvalue weighted by atomic mass is 10.0. The van der Waals surface area contributed by atoms with Gasteiger partial charge in [0.15, 0.2) is 0 Å². The zero-order chi connectivity index (χ0) is 13.5. The van der Waals surface area contributed by atoms with E-state index in [1.54, 1.807) is 0 Å². The summed E-state index contributed by atoms with van der Waals surface area (Å²) in [6.45, 7) is 0. The molecule has 20 heavy (non-hydrogen) atoms. The lowest BCUT2D eigenvalue weighted by Crippen LogP contribution is -2.24. The summed E-state index contributed by atoms with van der Waals surface area (Å²) in [5, 5.41) is 5.99. The molecule has 0 radical (unpaired) electrons. The van der Waals surface area contributed by atoms with Gasteiger partial charge in [0.05, 0.1) is 17.0 Å². The van der Waals surface area contributed by atoms with Crippen molar-refractivity contribution in [1.82, 2.24) is 0 Å². The molecule has 0 saturated heterocycles. The summed E-state index contributed by atoms with van der Waals surface area (Å²) >= 11 is 0. The molecule has 1 saturated carbocycles. The molecule has 0 aromatic heterocycles. The average molecular weight is 264 g/mol. The number of fused-ring (bicyclic) bond motifs is 2. The van der Waals surface area contributed by atoms with E-state index < -0.39 is 0 Å². The van der Waals surface area contributed by atoms with Gasteiger partial charge in [-0.2, -0.15) is 0 Å². The summed E-state index contributed by atoms with van der Waals surface area (Å²) in [4.78, 5) is 21.2. The topological polar surface area (TPSA) is 51.0 Å². The predicted molar refractivity (Wildman–Crippen MR) is 74.1 cm³/mol. The van der Waals surface area contributed by atoms with Crippen LogP contribution in [-0.4, -0.2) is 11.7 Å². The number of para-hydroxylation sites is 1. The minimum absolute atomic E-state index is 0.0486. The molecular weight excluding hydrogens is 252 g/mol. The fourth-order valence-corrected chi connectivity index (χ4v) is 2.37. The van der Waals surface area contributed by atoms with Crippen molar-refractivity contribution in [3.05, 3.63) is 58.8 Å². The summed E-state index contributed by atoms with van der Waals surface area (Å²) in [5.41, 5.74) is 2.46. The van der Waals surface area contributed by atoms with E-state index in [-0.39, 0.29) is 11.9 Å². The maximum atomic E-state index is 11.6. The maximum Gasteiger partial charge on any atom is 0.338 e. The van der Waals surface area contributed by atoms with Gasteiger partial charge in [-0.1, -0.05) is 29.4 Å². The van der Waals surface area contributed by atoms with Crippen LogP contribution >= 0.6 is 0 Å². The Balaban J connectivity index is 1.77. The van der Waals surface area contributed by atoms with Gasteiger partial charge in [0.2, 0.25) is 0 Å². The molecule has 1 aromatic rings.